The number of nitrogens with zero attached hydrogens (tertiary/aromatic N) is 4. The summed E-state index contributed by atoms with van der Waals surface area (Å²) in [4.78, 5) is 12.2. The molecule has 0 bridgehead atoms. The number of carbonyl (C=O) groups is 1. The van der Waals surface area contributed by atoms with Gasteiger partial charge >= 0.3 is 0 Å². The van der Waals surface area contributed by atoms with Crippen LogP contribution >= 0.6 is 0 Å². The predicted molar refractivity (Wildman–Crippen MR) is 75.2 cm³/mol. The summed E-state index contributed by atoms with van der Waals surface area (Å²) in [5, 5.41) is 14.3. The Morgan fingerprint density at radius 1 is 1.52 bits per heavy atom. The van der Waals surface area contributed by atoms with Crippen molar-refractivity contribution < 1.29 is 9.53 Å². The van der Waals surface area contributed by atoms with Gasteiger partial charge in [0.05, 0.1) is 11.8 Å². The van der Waals surface area contributed by atoms with E-state index in [0.29, 0.717) is 17.9 Å². The molecule has 21 heavy (non-hydrogen) atoms. The van der Waals surface area contributed by atoms with Crippen molar-refractivity contribution in [2.75, 3.05) is 13.2 Å². The average molecular weight is 287 g/mol. The third-order valence-electron chi connectivity index (χ3n) is 3.49. The Morgan fingerprint density at radius 3 is 3.14 bits per heavy atom. The molecule has 1 aromatic carbocycles. The topological polar surface area (TPSA) is 81.9 Å². The molecule has 2 aromatic rings. The highest BCUT2D eigenvalue weighted by atomic mass is 16.5. The second kappa shape index (κ2) is 6.01. The summed E-state index contributed by atoms with van der Waals surface area (Å²) < 4.78 is 7.09. The number of tetrazole rings is 1. The lowest BCUT2D eigenvalue weighted by Crippen LogP contribution is -2.31. The van der Waals surface area contributed by atoms with Crippen LogP contribution in [0.5, 0.6) is 0 Å². The van der Waals surface area contributed by atoms with Crippen LogP contribution in [0.15, 0.2) is 24.3 Å². The maximum atomic E-state index is 12.2. The fourth-order valence-corrected chi connectivity index (χ4v) is 2.36. The molecule has 7 heteroatoms. The molecule has 0 saturated carbocycles. The quantitative estimate of drug-likeness (QED) is 0.902. The molecule has 1 N–H and O–H groups in total. The molecule has 0 unspecified atom stereocenters. The zero-order valence-electron chi connectivity index (χ0n) is 11.8. The molecular weight excluding hydrogens is 270 g/mol. The van der Waals surface area contributed by atoms with Crippen molar-refractivity contribution in [2.45, 2.75) is 25.9 Å². The van der Waals surface area contributed by atoms with Crippen molar-refractivity contribution in [3.05, 3.63) is 35.7 Å². The molecule has 1 saturated heterocycles. The highest BCUT2D eigenvalue weighted by Gasteiger charge is 2.17. The molecule has 1 atom stereocenters. The van der Waals surface area contributed by atoms with Gasteiger partial charge in [-0.05, 0) is 48.4 Å². The third-order valence-corrected chi connectivity index (χ3v) is 3.49. The smallest absolute Gasteiger partial charge is 0.251 e. The molecule has 1 amide bonds. The summed E-state index contributed by atoms with van der Waals surface area (Å²) in [6, 6.07) is 7.22. The zero-order valence-corrected chi connectivity index (χ0v) is 11.8. The van der Waals surface area contributed by atoms with Crippen LogP contribution in [0.3, 0.4) is 0 Å². The first-order valence-electron chi connectivity index (χ1n) is 6.99. The largest absolute Gasteiger partial charge is 0.376 e. The lowest BCUT2D eigenvalue weighted by Gasteiger charge is -2.11. The second-order valence-electron chi connectivity index (χ2n) is 5.03. The first kappa shape index (κ1) is 13.7. The summed E-state index contributed by atoms with van der Waals surface area (Å²) in [6.07, 6.45) is 2.21. The van der Waals surface area contributed by atoms with E-state index in [-0.39, 0.29) is 12.0 Å². The van der Waals surface area contributed by atoms with E-state index in [4.69, 9.17) is 4.74 Å². The number of aromatic nitrogens is 4. The van der Waals surface area contributed by atoms with Crippen LogP contribution in [0.4, 0.5) is 0 Å². The highest BCUT2D eigenvalue weighted by molar-refractivity contribution is 5.94. The van der Waals surface area contributed by atoms with Crippen molar-refractivity contribution in [3.8, 4) is 5.69 Å². The molecule has 1 aliphatic heterocycles. The van der Waals surface area contributed by atoms with E-state index in [1.54, 1.807) is 16.8 Å². The molecule has 7 nitrogen and oxygen atoms in total. The van der Waals surface area contributed by atoms with Crippen molar-refractivity contribution in [1.82, 2.24) is 25.5 Å². The fraction of sp³-hybridized carbons (Fsp3) is 0.429. The first-order chi connectivity index (χ1) is 10.2. The lowest BCUT2D eigenvalue weighted by molar-refractivity contribution is 0.0858. The number of ether oxygens (including phenoxy) is 1. The van der Waals surface area contributed by atoms with Crippen LogP contribution in [0.2, 0.25) is 0 Å². The highest BCUT2D eigenvalue weighted by Crippen LogP contribution is 2.12. The van der Waals surface area contributed by atoms with Gasteiger partial charge < -0.3 is 10.1 Å². The first-order valence-corrected chi connectivity index (χ1v) is 6.99. The van der Waals surface area contributed by atoms with E-state index < -0.39 is 0 Å². The SMILES string of the molecule is Cc1nnnn1-c1cccc(C(=O)NC[C@H]2CCCO2)c1. The summed E-state index contributed by atoms with van der Waals surface area (Å²) in [5.41, 5.74) is 1.35. The van der Waals surface area contributed by atoms with Crippen molar-refractivity contribution in [2.24, 2.45) is 0 Å². The number of benzene rings is 1. The molecule has 2 heterocycles. The van der Waals surface area contributed by atoms with E-state index >= 15 is 0 Å². The predicted octanol–water partition coefficient (Wildman–Crippen LogP) is 0.880. The normalized spacial score (nSPS) is 17.9. The minimum absolute atomic E-state index is 0.113. The molecule has 1 aromatic heterocycles. The van der Waals surface area contributed by atoms with Gasteiger partial charge in [0.25, 0.3) is 5.91 Å². The van der Waals surface area contributed by atoms with Gasteiger partial charge in [-0.1, -0.05) is 6.07 Å². The Labute approximate surface area is 122 Å². The van der Waals surface area contributed by atoms with E-state index in [9.17, 15) is 4.79 Å². The maximum Gasteiger partial charge on any atom is 0.251 e. The Bertz CT molecular complexity index is 634. The summed E-state index contributed by atoms with van der Waals surface area (Å²) in [7, 11) is 0. The Morgan fingerprint density at radius 2 is 2.43 bits per heavy atom. The monoisotopic (exact) mass is 287 g/mol. The number of rotatable bonds is 4. The molecule has 110 valence electrons. The Balaban J connectivity index is 1.70. The molecule has 0 spiro atoms. The van der Waals surface area contributed by atoms with Crippen LogP contribution in [0, 0.1) is 6.92 Å². The maximum absolute atomic E-state index is 12.2. The van der Waals surface area contributed by atoms with Gasteiger partial charge in [-0.3, -0.25) is 4.79 Å². The molecule has 0 radical (unpaired) electrons. The number of hydrogen-bond donors (Lipinski definition) is 1. The van der Waals surface area contributed by atoms with Gasteiger partial charge in [0.2, 0.25) is 0 Å². The number of amides is 1. The van der Waals surface area contributed by atoms with E-state index in [2.05, 4.69) is 20.8 Å². The molecule has 1 aliphatic rings. The van der Waals surface area contributed by atoms with E-state index in [1.807, 2.05) is 19.1 Å². The average Bonchev–Trinajstić information content (AvgIpc) is 3.16. The number of hydrogen-bond acceptors (Lipinski definition) is 5. The summed E-state index contributed by atoms with van der Waals surface area (Å²) in [6.45, 7) is 3.14. The van der Waals surface area contributed by atoms with Crippen molar-refractivity contribution >= 4 is 5.91 Å². The fourth-order valence-electron chi connectivity index (χ4n) is 2.36. The molecular formula is C14H17N5O2. The van der Waals surface area contributed by atoms with Gasteiger partial charge in [-0.15, -0.1) is 5.10 Å². The van der Waals surface area contributed by atoms with Gasteiger partial charge in [0.15, 0.2) is 5.82 Å². The van der Waals surface area contributed by atoms with Crippen molar-refractivity contribution in [1.29, 1.82) is 0 Å². The van der Waals surface area contributed by atoms with E-state index in [0.717, 1.165) is 25.1 Å². The van der Waals surface area contributed by atoms with Gasteiger partial charge in [-0.25, -0.2) is 0 Å². The van der Waals surface area contributed by atoms with Crippen LogP contribution in [-0.2, 0) is 4.74 Å². The summed E-state index contributed by atoms with van der Waals surface area (Å²) >= 11 is 0. The summed E-state index contributed by atoms with van der Waals surface area (Å²) in [5.74, 6) is 0.560. The van der Waals surface area contributed by atoms with Gasteiger partial charge in [0.1, 0.15) is 0 Å². The third kappa shape index (κ3) is 3.08. The molecule has 0 aliphatic carbocycles. The number of aryl methyl sites for hydroxylation is 1. The standard InChI is InChI=1S/C14H17N5O2/c1-10-16-17-18-19(10)12-5-2-4-11(8-12)14(20)15-9-13-6-3-7-21-13/h2,4-5,8,13H,3,6-7,9H2,1H3,(H,15,20)/t13-/m1/s1. The Hall–Kier alpha value is -2.28. The Kier molecular flexibility index (Phi) is 3.92. The van der Waals surface area contributed by atoms with Gasteiger partial charge in [-0.2, -0.15) is 4.68 Å². The number of nitrogens with one attached hydrogen (secondary N) is 1. The number of carbonyl (C=O) groups excluding carboxylic acids is 1. The van der Waals surface area contributed by atoms with Crippen LogP contribution < -0.4 is 5.32 Å². The molecule has 1 fully saturated rings. The van der Waals surface area contributed by atoms with Crippen LogP contribution in [-0.4, -0.2) is 45.4 Å². The van der Waals surface area contributed by atoms with Gasteiger partial charge in [0, 0.05) is 18.7 Å². The lowest BCUT2D eigenvalue weighted by atomic mass is 10.1. The zero-order chi connectivity index (χ0) is 14.7. The molecule has 3 rings (SSSR count). The minimum atomic E-state index is -0.113. The van der Waals surface area contributed by atoms with E-state index in [1.165, 1.54) is 0 Å². The van der Waals surface area contributed by atoms with Crippen molar-refractivity contribution in [3.63, 3.8) is 0 Å². The second-order valence-corrected chi connectivity index (χ2v) is 5.03. The minimum Gasteiger partial charge on any atom is -0.376 e. The van der Waals surface area contributed by atoms with Crippen LogP contribution in [0.25, 0.3) is 5.69 Å². The van der Waals surface area contributed by atoms with Crippen LogP contribution in [0.1, 0.15) is 29.0 Å².